The zero-order valence-electron chi connectivity index (χ0n) is 8.65. The first-order valence-corrected chi connectivity index (χ1v) is 6.53. The van der Waals surface area contributed by atoms with Crippen molar-refractivity contribution >= 4 is 23.4 Å². The third-order valence-corrected chi connectivity index (χ3v) is 4.24. The summed E-state index contributed by atoms with van der Waals surface area (Å²) in [6.07, 6.45) is 1.51. The number of pyridine rings is 1. The normalized spacial score (nSPS) is 25.7. The molecular formula is C11H14ClNOS. The average Bonchev–Trinajstić information content (AvgIpc) is 2.61. The van der Waals surface area contributed by atoms with Crippen molar-refractivity contribution in [3.8, 4) is 0 Å². The van der Waals surface area contributed by atoms with Crippen LogP contribution in [0.5, 0.6) is 0 Å². The molecule has 0 amide bonds. The van der Waals surface area contributed by atoms with E-state index in [1.807, 2.05) is 23.9 Å². The first-order valence-electron chi connectivity index (χ1n) is 5.10. The molecule has 2 unspecified atom stereocenters. The van der Waals surface area contributed by atoms with Crippen LogP contribution in [0.2, 0.25) is 5.15 Å². The Hall–Kier alpha value is -0.250. The van der Waals surface area contributed by atoms with Crippen molar-refractivity contribution in [3.63, 3.8) is 0 Å². The Kier molecular flexibility index (Phi) is 3.89. The summed E-state index contributed by atoms with van der Waals surface area (Å²) in [4.78, 5) is 4.26. The molecule has 4 heteroatoms. The van der Waals surface area contributed by atoms with Crippen molar-refractivity contribution in [2.45, 2.75) is 30.5 Å². The number of ether oxygens (including phenoxy) is 1. The molecule has 1 fully saturated rings. The quantitative estimate of drug-likeness (QED) is 0.762. The smallest absolute Gasteiger partial charge is 0.129 e. The second-order valence-electron chi connectivity index (χ2n) is 3.67. The second-order valence-corrected chi connectivity index (χ2v) is 5.28. The van der Waals surface area contributed by atoms with Crippen LogP contribution in [0.4, 0.5) is 0 Å². The Balaban J connectivity index is 1.87. The van der Waals surface area contributed by atoms with Crippen LogP contribution in [0, 0.1) is 0 Å². The third-order valence-electron chi connectivity index (χ3n) is 2.52. The zero-order chi connectivity index (χ0) is 10.7. The van der Waals surface area contributed by atoms with Gasteiger partial charge in [-0.25, -0.2) is 4.98 Å². The second kappa shape index (κ2) is 5.19. The predicted octanol–water partition coefficient (Wildman–Crippen LogP) is 3.15. The van der Waals surface area contributed by atoms with Gasteiger partial charge in [-0.1, -0.05) is 17.7 Å². The van der Waals surface area contributed by atoms with Gasteiger partial charge in [0.1, 0.15) is 5.15 Å². The maximum Gasteiger partial charge on any atom is 0.129 e. The van der Waals surface area contributed by atoms with E-state index in [2.05, 4.69) is 11.9 Å². The standard InChI is InChI=1S/C11H14ClNOS/c1-8-10(5-6-14-8)15-7-9-3-2-4-11(12)13-9/h2-4,8,10H,5-7H2,1H3. The number of aromatic nitrogens is 1. The summed E-state index contributed by atoms with van der Waals surface area (Å²) in [6, 6.07) is 5.76. The highest BCUT2D eigenvalue weighted by molar-refractivity contribution is 7.99. The highest BCUT2D eigenvalue weighted by Crippen LogP contribution is 2.28. The lowest BCUT2D eigenvalue weighted by Crippen LogP contribution is -2.13. The summed E-state index contributed by atoms with van der Waals surface area (Å²) in [5, 5.41) is 1.18. The van der Waals surface area contributed by atoms with Crippen molar-refractivity contribution in [2.75, 3.05) is 6.61 Å². The number of halogens is 1. The molecule has 0 saturated carbocycles. The highest BCUT2D eigenvalue weighted by atomic mass is 35.5. The van der Waals surface area contributed by atoms with Crippen molar-refractivity contribution in [2.24, 2.45) is 0 Å². The molecule has 2 heterocycles. The number of hydrogen-bond donors (Lipinski definition) is 0. The Morgan fingerprint density at radius 2 is 2.47 bits per heavy atom. The Morgan fingerprint density at radius 3 is 3.13 bits per heavy atom. The number of thioether (sulfide) groups is 1. The minimum absolute atomic E-state index is 0.370. The zero-order valence-corrected chi connectivity index (χ0v) is 10.2. The minimum atomic E-state index is 0.370. The van der Waals surface area contributed by atoms with E-state index < -0.39 is 0 Å². The van der Waals surface area contributed by atoms with Crippen molar-refractivity contribution in [3.05, 3.63) is 29.0 Å². The molecule has 0 bridgehead atoms. The molecule has 1 saturated heterocycles. The van der Waals surface area contributed by atoms with Gasteiger partial charge in [0.05, 0.1) is 11.8 Å². The fourth-order valence-corrected chi connectivity index (χ4v) is 2.99. The fraction of sp³-hybridized carbons (Fsp3) is 0.545. The van der Waals surface area contributed by atoms with Gasteiger partial charge in [0.25, 0.3) is 0 Å². The van der Waals surface area contributed by atoms with E-state index in [1.54, 1.807) is 6.07 Å². The predicted molar refractivity (Wildman–Crippen MR) is 64.4 cm³/mol. The Labute approximate surface area is 99.4 Å². The van der Waals surface area contributed by atoms with Crippen LogP contribution in [0.15, 0.2) is 18.2 Å². The largest absolute Gasteiger partial charge is 0.377 e. The molecule has 1 aliphatic heterocycles. The summed E-state index contributed by atoms with van der Waals surface area (Å²) in [5.41, 5.74) is 1.05. The summed E-state index contributed by atoms with van der Waals surface area (Å²) < 4.78 is 5.51. The van der Waals surface area contributed by atoms with Gasteiger partial charge in [-0.2, -0.15) is 0 Å². The maximum atomic E-state index is 5.82. The van der Waals surface area contributed by atoms with E-state index in [9.17, 15) is 0 Å². The SMILES string of the molecule is CC1OCCC1SCc1cccc(Cl)n1. The van der Waals surface area contributed by atoms with Crippen molar-refractivity contribution < 1.29 is 4.74 Å². The van der Waals surface area contributed by atoms with Crippen molar-refractivity contribution in [1.82, 2.24) is 4.98 Å². The molecule has 1 aliphatic rings. The van der Waals surface area contributed by atoms with E-state index in [1.165, 1.54) is 0 Å². The molecule has 1 aromatic rings. The third kappa shape index (κ3) is 3.10. The van der Waals surface area contributed by atoms with Gasteiger partial charge < -0.3 is 4.74 Å². The molecule has 2 nitrogen and oxygen atoms in total. The van der Waals surface area contributed by atoms with Gasteiger partial charge in [0, 0.05) is 17.6 Å². The van der Waals surface area contributed by atoms with E-state index in [-0.39, 0.29) is 0 Å². The van der Waals surface area contributed by atoms with Gasteiger partial charge in [-0.15, -0.1) is 11.8 Å². The maximum absolute atomic E-state index is 5.82. The van der Waals surface area contributed by atoms with Crippen LogP contribution >= 0.6 is 23.4 Å². The molecule has 0 radical (unpaired) electrons. The lowest BCUT2D eigenvalue weighted by molar-refractivity contribution is 0.127. The molecule has 15 heavy (non-hydrogen) atoms. The van der Waals surface area contributed by atoms with Gasteiger partial charge in [0.2, 0.25) is 0 Å². The summed E-state index contributed by atoms with van der Waals surface area (Å²) in [7, 11) is 0. The number of rotatable bonds is 3. The first kappa shape index (κ1) is 11.2. The Bertz CT molecular complexity index is 334. The highest BCUT2D eigenvalue weighted by Gasteiger charge is 2.24. The fourth-order valence-electron chi connectivity index (χ4n) is 1.65. The summed E-state index contributed by atoms with van der Waals surface area (Å²) in [6.45, 7) is 3.03. The van der Waals surface area contributed by atoms with Crippen LogP contribution < -0.4 is 0 Å². The Morgan fingerprint density at radius 1 is 1.60 bits per heavy atom. The van der Waals surface area contributed by atoms with Crippen LogP contribution in [0.1, 0.15) is 19.0 Å². The molecule has 82 valence electrons. The summed E-state index contributed by atoms with van der Waals surface area (Å²) in [5.74, 6) is 0.916. The molecule has 0 aliphatic carbocycles. The summed E-state index contributed by atoms with van der Waals surface area (Å²) >= 11 is 7.73. The monoisotopic (exact) mass is 243 g/mol. The lowest BCUT2D eigenvalue weighted by Gasteiger charge is -2.12. The molecule has 2 rings (SSSR count). The van der Waals surface area contributed by atoms with Crippen LogP contribution in [-0.2, 0) is 10.5 Å². The number of nitrogens with zero attached hydrogens (tertiary/aromatic N) is 1. The van der Waals surface area contributed by atoms with Gasteiger partial charge in [0.15, 0.2) is 0 Å². The lowest BCUT2D eigenvalue weighted by atomic mass is 10.3. The van der Waals surface area contributed by atoms with Gasteiger partial charge in [-0.3, -0.25) is 0 Å². The van der Waals surface area contributed by atoms with Gasteiger partial charge >= 0.3 is 0 Å². The topological polar surface area (TPSA) is 22.1 Å². The van der Waals surface area contributed by atoms with Crippen LogP contribution in [0.3, 0.4) is 0 Å². The molecule has 2 atom stereocenters. The average molecular weight is 244 g/mol. The minimum Gasteiger partial charge on any atom is -0.377 e. The molecular weight excluding hydrogens is 230 g/mol. The van der Waals surface area contributed by atoms with Crippen LogP contribution in [-0.4, -0.2) is 22.9 Å². The van der Waals surface area contributed by atoms with Crippen LogP contribution in [0.25, 0.3) is 0 Å². The van der Waals surface area contributed by atoms with E-state index in [0.29, 0.717) is 16.5 Å². The molecule has 0 aromatic carbocycles. The van der Waals surface area contributed by atoms with Crippen molar-refractivity contribution in [1.29, 1.82) is 0 Å². The van der Waals surface area contributed by atoms with E-state index in [0.717, 1.165) is 24.5 Å². The molecule has 1 aromatic heterocycles. The first-order chi connectivity index (χ1) is 7.25. The van der Waals surface area contributed by atoms with E-state index >= 15 is 0 Å². The van der Waals surface area contributed by atoms with Gasteiger partial charge in [-0.05, 0) is 25.5 Å². The number of hydrogen-bond acceptors (Lipinski definition) is 3. The molecule has 0 spiro atoms. The van der Waals surface area contributed by atoms with E-state index in [4.69, 9.17) is 16.3 Å². The molecule has 0 N–H and O–H groups in total.